The lowest BCUT2D eigenvalue weighted by atomic mass is 9.92. The van der Waals surface area contributed by atoms with Gasteiger partial charge in [-0.2, -0.15) is 0 Å². The van der Waals surface area contributed by atoms with E-state index >= 15 is 0 Å². The van der Waals surface area contributed by atoms with E-state index in [9.17, 15) is 0 Å². The number of rotatable bonds is 4. The van der Waals surface area contributed by atoms with Gasteiger partial charge in [-0.25, -0.2) is 9.97 Å². The van der Waals surface area contributed by atoms with E-state index in [0.717, 1.165) is 83.3 Å². The molecular formula is C48H29N3O. The number of benzene rings is 8. The van der Waals surface area contributed by atoms with Crippen molar-refractivity contribution in [1.29, 1.82) is 0 Å². The molecule has 11 aromatic rings. The summed E-state index contributed by atoms with van der Waals surface area (Å²) >= 11 is 0. The zero-order valence-electron chi connectivity index (χ0n) is 28.0. The first kappa shape index (κ1) is 28.8. The first-order valence-corrected chi connectivity index (χ1v) is 17.6. The highest BCUT2D eigenvalue weighted by atomic mass is 16.3. The van der Waals surface area contributed by atoms with Crippen LogP contribution in [0.2, 0.25) is 0 Å². The lowest BCUT2D eigenvalue weighted by molar-refractivity contribution is 0.670. The number of furan rings is 1. The molecule has 0 spiro atoms. The molecule has 0 fully saturated rings. The highest BCUT2D eigenvalue weighted by molar-refractivity contribution is 6.14. The third kappa shape index (κ3) is 4.34. The molecule has 3 aromatic heterocycles. The summed E-state index contributed by atoms with van der Waals surface area (Å²) in [7, 11) is 0. The fourth-order valence-corrected chi connectivity index (χ4v) is 7.96. The van der Waals surface area contributed by atoms with Gasteiger partial charge >= 0.3 is 0 Å². The second-order valence-electron chi connectivity index (χ2n) is 13.4. The van der Waals surface area contributed by atoms with Crippen LogP contribution in [0.25, 0.3) is 105 Å². The number of hydrogen-bond donors (Lipinski definition) is 0. The molecule has 0 saturated heterocycles. The molecule has 0 amide bonds. The molecule has 0 N–H and O–H groups in total. The van der Waals surface area contributed by atoms with Crippen molar-refractivity contribution in [2.75, 3.05) is 0 Å². The summed E-state index contributed by atoms with van der Waals surface area (Å²) in [6.07, 6.45) is 0. The Morgan fingerprint density at radius 3 is 1.87 bits per heavy atom. The summed E-state index contributed by atoms with van der Waals surface area (Å²) in [5, 5.41) is 6.96. The van der Waals surface area contributed by atoms with Gasteiger partial charge in [0.2, 0.25) is 0 Å². The van der Waals surface area contributed by atoms with Crippen LogP contribution in [-0.4, -0.2) is 14.5 Å². The van der Waals surface area contributed by atoms with Crippen LogP contribution in [0.1, 0.15) is 0 Å². The molecular weight excluding hydrogens is 635 g/mol. The third-order valence-electron chi connectivity index (χ3n) is 10.4. The summed E-state index contributed by atoms with van der Waals surface area (Å²) < 4.78 is 8.89. The quantitative estimate of drug-likeness (QED) is 0.188. The lowest BCUT2D eigenvalue weighted by Gasteiger charge is -2.16. The van der Waals surface area contributed by atoms with E-state index in [-0.39, 0.29) is 0 Å². The molecule has 0 aliphatic heterocycles. The maximum atomic E-state index is 6.59. The third-order valence-corrected chi connectivity index (χ3v) is 10.4. The molecule has 0 bridgehead atoms. The minimum atomic E-state index is 0.792. The number of para-hydroxylation sites is 3. The maximum Gasteiger partial charge on any atom is 0.165 e. The Kier molecular flexibility index (Phi) is 6.22. The summed E-state index contributed by atoms with van der Waals surface area (Å²) in [6, 6.07) is 61.8. The summed E-state index contributed by atoms with van der Waals surface area (Å²) in [6.45, 7) is 0. The van der Waals surface area contributed by atoms with E-state index in [1.54, 1.807) is 0 Å². The molecule has 242 valence electrons. The predicted octanol–water partition coefficient (Wildman–Crippen LogP) is 12.8. The second kappa shape index (κ2) is 11.2. The van der Waals surface area contributed by atoms with Gasteiger partial charge in [0.15, 0.2) is 5.82 Å². The fourth-order valence-electron chi connectivity index (χ4n) is 7.96. The van der Waals surface area contributed by atoms with Crippen LogP contribution in [0.5, 0.6) is 0 Å². The molecule has 11 rings (SSSR count). The van der Waals surface area contributed by atoms with Crippen molar-refractivity contribution in [1.82, 2.24) is 14.5 Å². The molecule has 4 heteroatoms. The maximum absolute atomic E-state index is 6.59. The Hall–Kier alpha value is -7.04. The second-order valence-corrected chi connectivity index (χ2v) is 13.4. The Labute approximate surface area is 298 Å². The van der Waals surface area contributed by atoms with Gasteiger partial charge in [-0.3, -0.25) is 4.57 Å². The summed E-state index contributed by atoms with van der Waals surface area (Å²) in [5.74, 6) is 0.792. The van der Waals surface area contributed by atoms with Gasteiger partial charge in [-0.05, 0) is 63.9 Å². The Morgan fingerprint density at radius 1 is 0.404 bits per heavy atom. The summed E-state index contributed by atoms with van der Waals surface area (Å²) in [5.41, 5.74) is 11.6. The van der Waals surface area contributed by atoms with E-state index in [2.05, 4.69) is 162 Å². The highest BCUT2D eigenvalue weighted by Crippen LogP contribution is 2.43. The highest BCUT2D eigenvalue weighted by Gasteiger charge is 2.22. The van der Waals surface area contributed by atoms with Gasteiger partial charge < -0.3 is 4.42 Å². The molecule has 0 atom stereocenters. The lowest BCUT2D eigenvalue weighted by Crippen LogP contribution is -2.04. The van der Waals surface area contributed by atoms with Crippen LogP contribution in [-0.2, 0) is 0 Å². The van der Waals surface area contributed by atoms with Crippen molar-refractivity contribution in [3.63, 3.8) is 0 Å². The van der Waals surface area contributed by atoms with Crippen molar-refractivity contribution in [3.05, 3.63) is 176 Å². The Bertz CT molecular complexity index is 3180. The topological polar surface area (TPSA) is 43.9 Å². The Morgan fingerprint density at radius 2 is 1.04 bits per heavy atom. The van der Waals surface area contributed by atoms with E-state index in [1.165, 1.54) is 21.5 Å². The fraction of sp³-hybridized carbons (Fsp3) is 0. The Balaban J connectivity index is 1.26. The standard InChI is InChI=1S/C48H29N3O/c1-3-14-30(15-4-1)38-28-41-42(29-39(38)37-23-13-22-36-35-21-10-12-25-45(35)52-47(36)37)50-48(46(49-41)31-16-5-2-6-17-31)51-43-24-11-9-20-34(43)40-26-32-18-7-8-19-33(32)27-44(40)51/h1-29H. The zero-order valence-corrected chi connectivity index (χ0v) is 28.0. The van der Waals surface area contributed by atoms with Gasteiger partial charge in [0.1, 0.15) is 16.9 Å². The van der Waals surface area contributed by atoms with Crippen LogP contribution in [0.4, 0.5) is 0 Å². The van der Waals surface area contributed by atoms with Gasteiger partial charge in [-0.15, -0.1) is 0 Å². The van der Waals surface area contributed by atoms with Crippen LogP contribution in [0.15, 0.2) is 180 Å². The van der Waals surface area contributed by atoms with Gasteiger partial charge in [0.05, 0.1) is 22.1 Å². The first-order chi connectivity index (χ1) is 25.8. The molecule has 4 nitrogen and oxygen atoms in total. The minimum Gasteiger partial charge on any atom is -0.455 e. The molecule has 0 unspecified atom stereocenters. The average molecular weight is 664 g/mol. The summed E-state index contributed by atoms with van der Waals surface area (Å²) in [4.78, 5) is 11.1. The van der Waals surface area contributed by atoms with Crippen molar-refractivity contribution in [3.8, 4) is 39.3 Å². The average Bonchev–Trinajstić information content (AvgIpc) is 3.75. The van der Waals surface area contributed by atoms with E-state index in [1.807, 2.05) is 18.2 Å². The number of fused-ring (bicyclic) bond motifs is 8. The zero-order chi connectivity index (χ0) is 34.2. The van der Waals surface area contributed by atoms with Crippen molar-refractivity contribution in [2.45, 2.75) is 0 Å². The first-order valence-electron chi connectivity index (χ1n) is 17.6. The monoisotopic (exact) mass is 663 g/mol. The number of hydrogen-bond acceptors (Lipinski definition) is 3. The SMILES string of the molecule is c1ccc(-c2cc3nc(-c4ccccc4)c(-n4c5ccccc5c5cc6ccccc6cc54)nc3cc2-c2cccc3c2oc2ccccc23)cc1. The molecule has 52 heavy (non-hydrogen) atoms. The largest absolute Gasteiger partial charge is 0.455 e. The smallest absolute Gasteiger partial charge is 0.165 e. The predicted molar refractivity (Wildman–Crippen MR) is 215 cm³/mol. The molecule has 0 aliphatic carbocycles. The van der Waals surface area contributed by atoms with Crippen LogP contribution in [0.3, 0.4) is 0 Å². The molecule has 8 aromatic carbocycles. The van der Waals surface area contributed by atoms with Crippen LogP contribution in [0, 0.1) is 0 Å². The normalized spacial score (nSPS) is 11.8. The van der Waals surface area contributed by atoms with Crippen molar-refractivity contribution < 1.29 is 4.42 Å². The minimum absolute atomic E-state index is 0.792. The number of aromatic nitrogens is 3. The van der Waals surface area contributed by atoms with Crippen LogP contribution >= 0.6 is 0 Å². The van der Waals surface area contributed by atoms with Gasteiger partial charge in [0, 0.05) is 32.7 Å². The van der Waals surface area contributed by atoms with Crippen LogP contribution < -0.4 is 0 Å². The van der Waals surface area contributed by atoms with E-state index in [0.29, 0.717) is 0 Å². The van der Waals surface area contributed by atoms with Crippen molar-refractivity contribution >= 4 is 65.6 Å². The van der Waals surface area contributed by atoms with Crippen molar-refractivity contribution in [2.24, 2.45) is 0 Å². The molecule has 3 heterocycles. The van der Waals surface area contributed by atoms with E-state index in [4.69, 9.17) is 14.4 Å². The van der Waals surface area contributed by atoms with Gasteiger partial charge in [-0.1, -0.05) is 140 Å². The van der Waals surface area contributed by atoms with Gasteiger partial charge in [0.25, 0.3) is 0 Å². The van der Waals surface area contributed by atoms with E-state index < -0.39 is 0 Å². The number of nitrogens with zero attached hydrogens (tertiary/aromatic N) is 3. The molecule has 0 radical (unpaired) electrons. The molecule has 0 saturated carbocycles. The molecule has 0 aliphatic rings.